The summed E-state index contributed by atoms with van der Waals surface area (Å²) in [6, 6.07) is 6.89. The standard InChI is InChI=1S/C16H25N3O3/c1-16(2,3)14-13(10-20)18(8-9-19(14)15(21)22)12-6-4-11(17)5-7-12/h4-7,13-14,20H,8-10,17H2,1-3H3,(H,21,22)/t13?,14-/m1/s1. The molecule has 0 spiro atoms. The maximum Gasteiger partial charge on any atom is 0.407 e. The van der Waals surface area contributed by atoms with E-state index in [9.17, 15) is 15.0 Å². The summed E-state index contributed by atoms with van der Waals surface area (Å²) in [5.74, 6) is 0. The maximum absolute atomic E-state index is 11.6. The summed E-state index contributed by atoms with van der Waals surface area (Å²) < 4.78 is 0. The van der Waals surface area contributed by atoms with Crippen molar-refractivity contribution in [3.63, 3.8) is 0 Å². The number of nitrogens with zero attached hydrogens (tertiary/aromatic N) is 2. The Hall–Kier alpha value is -1.95. The second kappa shape index (κ2) is 6.04. The first-order valence-corrected chi connectivity index (χ1v) is 7.48. The van der Waals surface area contributed by atoms with Crippen molar-refractivity contribution in [2.24, 2.45) is 5.41 Å². The van der Waals surface area contributed by atoms with Crippen LogP contribution in [0.3, 0.4) is 0 Å². The maximum atomic E-state index is 11.6. The van der Waals surface area contributed by atoms with Gasteiger partial charge in [0.15, 0.2) is 0 Å². The zero-order chi connectivity index (χ0) is 16.5. The smallest absolute Gasteiger partial charge is 0.407 e. The van der Waals surface area contributed by atoms with Gasteiger partial charge in [0.2, 0.25) is 0 Å². The van der Waals surface area contributed by atoms with Crippen LogP contribution in [-0.4, -0.2) is 53.0 Å². The summed E-state index contributed by atoms with van der Waals surface area (Å²) in [7, 11) is 0. The van der Waals surface area contributed by atoms with Crippen LogP contribution in [0.15, 0.2) is 24.3 Å². The minimum Gasteiger partial charge on any atom is -0.465 e. The van der Waals surface area contributed by atoms with Crippen molar-refractivity contribution in [3.05, 3.63) is 24.3 Å². The SMILES string of the molecule is CC(C)(C)[C@H]1C(CO)N(c2ccc(N)cc2)CCN1C(=O)O. The number of hydrogen-bond donors (Lipinski definition) is 3. The van der Waals surface area contributed by atoms with Crippen molar-refractivity contribution in [1.29, 1.82) is 0 Å². The first-order valence-electron chi connectivity index (χ1n) is 7.48. The third-order valence-corrected chi connectivity index (χ3v) is 4.23. The Balaban J connectivity index is 2.38. The number of amides is 1. The van der Waals surface area contributed by atoms with Crippen LogP contribution >= 0.6 is 0 Å². The fraction of sp³-hybridized carbons (Fsp3) is 0.562. The first-order chi connectivity index (χ1) is 10.3. The van der Waals surface area contributed by atoms with E-state index in [1.807, 2.05) is 45.0 Å². The highest BCUT2D eigenvalue weighted by Crippen LogP contribution is 2.34. The highest BCUT2D eigenvalue weighted by molar-refractivity contribution is 5.67. The molecule has 122 valence electrons. The molecule has 1 saturated heterocycles. The van der Waals surface area contributed by atoms with E-state index in [4.69, 9.17) is 5.73 Å². The highest BCUT2D eigenvalue weighted by atomic mass is 16.4. The predicted octanol–water partition coefficient (Wildman–Crippen LogP) is 1.84. The Morgan fingerprint density at radius 2 is 1.86 bits per heavy atom. The van der Waals surface area contributed by atoms with Gasteiger partial charge in [0.25, 0.3) is 0 Å². The van der Waals surface area contributed by atoms with Crippen LogP contribution in [0.25, 0.3) is 0 Å². The van der Waals surface area contributed by atoms with E-state index in [-0.39, 0.29) is 24.1 Å². The summed E-state index contributed by atoms with van der Waals surface area (Å²) >= 11 is 0. The fourth-order valence-corrected chi connectivity index (χ4v) is 3.34. The lowest BCUT2D eigenvalue weighted by Gasteiger charge is -2.51. The summed E-state index contributed by atoms with van der Waals surface area (Å²) in [6.45, 7) is 6.87. The number of hydrogen-bond acceptors (Lipinski definition) is 4. The van der Waals surface area contributed by atoms with Crippen LogP contribution in [0.5, 0.6) is 0 Å². The lowest BCUT2D eigenvalue weighted by molar-refractivity contribution is 0.0373. The first kappa shape index (κ1) is 16.4. The molecular weight excluding hydrogens is 282 g/mol. The van der Waals surface area contributed by atoms with Gasteiger partial charge in [-0.15, -0.1) is 0 Å². The molecule has 1 aromatic carbocycles. The van der Waals surface area contributed by atoms with Crippen molar-refractivity contribution < 1.29 is 15.0 Å². The van der Waals surface area contributed by atoms with Gasteiger partial charge >= 0.3 is 6.09 Å². The number of piperazine rings is 1. The Kier molecular flexibility index (Phi) is 4.51. The number of aliphatic hydroxyl groups is 1. The van der Waals surface area contributed by atoms with Crippen LogP contribution in [0.4, 0.5) is 16.2 Å². The second-order valence-electron chi connectivity index (χ2n) is 6.82. The van der Waals surface area contributed by atoms with Gasteiger partial charge in [-0.1, -0.05) is 20.8 Å². The van der Waals surface area contributed by atoms with Crippen molar-refractivity contribution in [2.75, 3.05) is 30.3 Å². The molecule has 1 heterocycles. The Morgan fingerprint density at radius 1 is 1.27 bits per heavy atom. The van der Waals surface area contributed by atoms with Crippen LogP contribution in [0, 0.1) is 5.41 Å². The summed E-state index contributed by atoms with van der Waals surface area (Å²) in [6.07, 6.45) is -0.935. The van der Waals surface area contributed by atoms with Gasteiger partial charge in [0, 0.05) is 24.5 Å². The van der Waals surface area contributed by atoms with Gasteiger partial charge in [0.05, 0.1) is 18.7 Å². The lowest BCUT2D eigenvalue weighted by atomic mass is 9.79. The second-order valence-corrected chi connectivity index (χ2v) is 6.82. The molecule has 6 heteroatoms. The number of carboxylic acid groups (broad SMARTS) is 1. The molecule has 22 heavy (non-hydrogen) atoms. The number of anilines is 2. The van der Waals surface area contributed by atoms with Gasteiger partial charge < -0.3 is 25.7 Å². The van der Waals surface area contributed by atoms with E-state index in [1.165, 1.54) is 4.90 Å². The molecule has 2 rings (SSSR count). The van der Waals surface area contributed by atoms with E-state index < -0.39 is 6.09 Å². The van der Waals surface area contributed by atoms with Crippen LogP contribution in [0.2, 0.25) is 0 Å². The number of nitrogen functional groups attached to an aromatic ring is 1. The molecule has 0 aliphatic carbocycles. The van der Waals surface area contributed by atoms with Gasteiger partial charge in [-0.2, -0.15) is 0 Å². The minimum absolute atomic E-state index is 0.101. The van der Waals surface area contributed by atoms with Gasteiger partial charge in [0.1, 0.15) is 0 Å². The largest absolute Gasteiger partial charge is 0.465 e. The minimum atomic E-state index is -0.935. The van der Waals surface area contributed by atoms with Crippen LogP contribution in [-0.2, 0) is 0 Å². The van der Waals surface area contributed by atoms with E-state index in [0.717, 1.165) is 5.69 Å². The fourth-order valence-electron chi connectivity index (χ4n) is 3.34. The molecule has 0 radical (unpaired) electrons. The van der Waals surface area contributed by atoms with E-state index >= 15 is 0 Å². The third kappa shape index (κ3) is 3.11. The molecule has 0 saturated carbocycles. The number of rotatable bonds is 2. The van der Waals surface area contributed by atoms with Gasteiger partial charge in [-0.25, -0.2) is 4.79 Å². The van der Waals surface area contributed by atoms with Crippen molar-refractivity contribution in [1.82, 2.24) is 4.90 Å². The molecule has 1 aromatic rings. The molecule has 1 aliphatic rings. The molecule has 1 unspecified atom stereocenters. The zero-order valence-electron chi connectivity index (χ0n) is 13.4. The number of carbonyl (C=O) groups is 1. The summed E-state index contributed by atoms with van der Waals surface area (Å²) in [5.41, 5.74) is 7.08. The number of nitrogens with two attached hydrogens (primary N) is 1. The molecule has 1 fully saturated rings. The molecular formula is C16H25N3O3. The highest BCUT2D eigenvalue weighted by Gasteiger charge is 2.44. The average Bonchev–Trinajstić information content (AvgIpc) is 2.45. The van der Waals surface area contributed by atoms with Crippen LogP contribution in [0.1, 0.15) is 20.8 Å². The topological polar surface area (TPSA) is 90.0 Å². The van der Waals surface area contributed by atoms with Crippen molar-refractivity contribution in [2.45, 2.75) is 32.9 Å². The summed E-state index contributed by atoms with van der Waals surface area (Å²) in [4.78, 5) is 15.1. The molecule has 1 aliphatic heterocycles. The molecule has 2 atom stereocenters. The third-order valence-electron chi connectivity index (χ3n) is 4.23. The Bertz CT molecular complexity index is 524. The molecule has 0 aromatic heterocycles. The average molecular weight is 307 g/mol. The monoisotopic (exact) mass is 307 g/mol. The van der Waals surface area contributed by atoms with Crippen LogP contribution < -0.4 is 10.6 Å². The Morgan fingerprint density at radius 3 is 2.32 bits per heavy atom. The van der Waals surface area contributed by atoms with Gasteiger partial charge in [-0.3, -0.25) is 0 Å². The number of aliphatic hydroxyl groups excluding tert-OH is 1. The Labute approximate surface area is 131 Å². The summed E-state index contributed by atoms with van der Waals surface area (Å²) in [5, 5.41) is 19.4. The quantitative estimate of drug-likeness (QED) is 0.725. The van der Waals surface area contributed by atoms with E-state index in [1.54, 1.807) is 0 Å². The predicted molar refractivity (Wildman–Crippen MR) is 87.0 cm³/mol. The van der Waals surface area contributed by atoms with E-state index in [0.29, 0.717) is 18.8 Å². The zero-order valence-corrected chi connectivity index (χ0v) is 13.4. The molecule has 0 bridgehead atoms. The normalized spacial score (nSPS) is 22.7. The number of benzene rings is 1. The van der Waals surface area contributed by atoms with Crippen molar-refractivity contribution in [3.8, 4) is 0 Å². The lowest BCUT2D eigenvalue weighted by Crippen LogP contribution is -2.66. The van der Waals surface area contributed by atoms with E-state index in [2.05, 4.69) is 4.90 Å². The van der Waals surface area contributed by atoms with Gasteiger partial charge in [-0.05, 0) is 29.7 Å². The molecule has 4 N–H and O–H groups in total. The molecule has 1 amide bonds. The molecule has 6 nitrogen and oxygen atoms in total. The van der Waals surface area contributed by atoms with Crippen molar-refractivity contribution >= 4 is 17.5 Å².